The molecule has 0 fully saturated rings. The van der Waals surface area contributed by atoms with Crippen LogP contribution in [0.4, 0.5) is 11.4 Å². The molecule has 0 radical (unpaired) electrons. The van der Waals surface area contributed by atoms with Crippen LogP contribution in [0.1, 0.15) is 22.3 Å². The number of carbonyl (C=O) groups excluding carboxylic acids is 2. The lowest BCUT2D eigenvalue weighted by atomic mass is 10.1. The third-order valence-corrected chi connectivity index (χ3v) is 3.95. The predicted molar refractivity (Wildman–Crippen MR) is 103 cm³/mol. The van der Waals surface area contributed by atoms with E-state index in [0.717, 1.165) is 0 Å². The number of carbonyl (C=O) groups is 2. The maximum absolute atomic E-state index is 12.3. The van der Waals surface area contributed by atoms with Gasteiger partial charge < -0.3 is 20.1 Å². The molecule has 2 N–H and O–H groups in total. The molecule has 0 atom stereocenters. The summed E-state index contributed by atoms with van der Waals surface area (Å²) in [4.78, 5) is 34.6. The smallest absolute Gasteiger partial charge is 0.269 e. The maximum atomic E-state index is 12.3. The SMILES string of the molecule is COc1cc(OC)cc(C(=O)NCCC(=O)Nc2ccc([N+](=O)[O-])cc2C)c1. The first-order valence-electron chi connectivity index (χ1n) is 8.40. The number of benzene rings is 2. The number of hydrogen-bond donors (Lipinski definition) is 2. The highest BCUT2D eigenvalue weighted by Crippen LogP contribution is 2.23. The molecule has 2 aromatic rings. The van der Waals surface area contributed by atoms with Gasteiger partial charge in [0.15, 0.2) is 0 Å². The second-order valence-corrected chi connectivity index (χ2v) is 5.91. The van der Waals surface area contributed by atoms with Crippen molar-refractivity contribution in [2.45, 2.75) is 13.3 Å². The number of nitro groups is 1. The molecule has 0 aliphatic rings. The summed E-state index contributed by atoms with van der Waals surface area (Å²) in [6.45, 7) is 1.79. The largest absolute Gasteiger partial charge is 0.497 e. The summed E-state index contributed by atoms with van der Waals surface area (Å²) in [5.41, 5.74) is 1.37. The number of ether oxygens (including phenoxy) is 2. The highest BCUT2D eigenvalue weighted by Gasteiger charge is 2.12. The van der Waals surface area contributed by atoms with Gasteiger partial charge in [0, 0.05) is 42.4 Å². The van der Waals surface area contributed by atoms with Gasteiger partial charge in [0.25, 0.3) is 11.6 Å². The number of non-ortho nitro benzene ring substituents is 1. The second kappa shape index (κ2) is 9.36. The Kier molecular flexibility index (Phi) is 6.91. The van der Waals surface area contributed by atoms with E-state index in [1.165, 1.54) is 32.4 Å². The van der Waals surface area contributed by atoms with Crippen LogP contribution in [0, 0.1) is 17.0 Å². The Morgan fingerprint density at radius 3 is 2.25 bits per heavy atom. The topological polar surface area (TPSA) is 120 Å². The zero-order chi connectivity index (χ0) is 20.7. The lowest BCUT2D eigenvalue weighted by Crippen LogP contribution is -2.27. The summed E-state index contributed by atoms with van der Waals surface area (Å²) >= 11 is 0. The Bertz CT molecular complexity index is 875. The van der Waals surface area contributed by atoms with Gasteiger partial charge in [-0.1, -0.05) is 0 Å². The predicted octanol–water partition coefficient (Wildman–Crippen LogP) is 2.68. The quantitative estimate of drug-likeness (QED) is 0.531. The zero-order valence-corrected chi connectivity index (χ0v) is 15.8. The zero-order valence-electron chi connectivity index (χ0n) is 15.8. The van der Waals surface area contributed by atoms with Crippen molar-refractivity contribution in [1.29, 1.82) is 0 Å². The molecule has 2 aromatic carbocycles. The monoisotopic (exact) mass is 387 g/mol. The van der Waals surface area contributed by atoms with E-state index in [-0.39, 0.29) is 30.5 Å². The number of hydrogen-bond acceptors (Lipinski definition) is 6. The van der Waals surface area contributed by atoms with Crippen molar-refractivity contribution in [3.05, 3.63) is 57.6 Å². The van der Waals surface area contributed by atoms with Crippen molar-refractivity contribution < 1.29 is 24.0 Å². The molecule has 9 nitrogen and oxygen atoms in total. The summed E-state index contributed by atoms with van der Waals surface area (Å²) in [6.07, 6.45) is 0.0449. The van der Waals surface area contributed by atoms with Crippen LogP contribution in [0.15, 0.2) is 36.4 Å². The molecular formula is C19H21N3O6. The minimum Gasteiger partial charge on any atom is -0.497 e. The van der Waals surface area contributed by atoms with Gasteiger partial charge in [0.2, 0.25) is 5.91 Å². The lowest BCUT2D eigenvalue weighted by Gasteiger charge is -2.10. The van der Waals surface area contributed by atoms with Crippen molar-refractivity contribution in [2.75, 3.05) is 26.1 Å². The van der Waals surface area contributed by atoms with E-state index in [2.05, 4.69) is 10.6 Å². The first-order chi connectivity index (χ1) is 13.3. The number of amides is 2. The van der Waals surface area contributed by atoms with E-state index in [1.54, 1.807) is 25.1 Å². The van der Waals surface area contributed by atoms with E-state index >= 15 is 0 Å². The van der Waals surface area contributed by atoms with Gasteiger partial charge in [-0.25, -0.2) is 0 Å². The molecule has 0 unspecified atom stereocenters. The van der Waals surface area contributed by atoms with Crippen molar-refractivity contribution in [1.82, 2.24) is 5.32 Å². The first kappa shape index (κ1) is 20.7. The van der Waals surface area contributed by atoms with Gasteiger partial charge >= 0.3 is 0 Å². The van der Waals surface area contributed by atoms with E-state index in [1.807, 2.05) is 0 Å². The molecule has 9 heteroatoms. The number of aryl methyl sites for hydroxylation is 1. The minimum atomic E-state index is -0.498. The van der Waals surface area contributed by atoms with E-state index < -0.39 is 4.92 Å². The average Bonchev–Trinajstić information content (AvgIpc) is 2.68. The molecule has 2 amide bonds. The second-order valence-electron chi connectivity index (χ2n) is 5.91. The summed E-state index contributed by atoms with van der Waals surface area (Å²) in [5, 5.41) is 16.1. The maximum Gasteiger partial charge on any atom is 0.269 e. The van der Waals surface area contributed by atoms with Crippen molar-refractivity contribution in [3.63, 3.8) is 0 Å². The van der Waals surface area contributed by atoms with Crippen LogP contribution in [-0.2, 0) is 4.79 Å². The fourth-order valence-corrected chi connectivity index (χ4v) is 2.44. The Morgan fingerprint density at radius 2 is 1.71 bits per heavy atom. The molecule has 0 aliphatic carbocycles. The third kappa shape index (κ3) is 5.44. The molecule has 2 rings (SSSR count). The van der Waals surface area contributed by atoms with Crippen LogP contribution in [0.5, 0.6) is 11.5 Å². The third-order valence-electron chi connectivity index (χ3n) is 3.95. The van der Waals surface area contributed by atoms with Gasteiger partial charge in [-0.2, -0.15) is 0 Å². The number of rotatable bonds is 8. The fraction of sp³-hybridized carbons (Fsp3) is 0.263. The normalized spacial score (nSPS) is 10.1. The van der Waals surface area contributed by atoms with Crippen LogP contribution in [0.25, 0.3) is 0 Å². The molecule has 0 saturated heterocycles. The molecule has 148 valence electrons. The Labute approximate surface area is 161 Å². The van der Waals surface area contributed by atoms with E-state index in [4.69, 9.17) is 9.47 Å². The van der Waals surface area contributed by atoms with Gasteiger partial charge in [0.05, 0.1) is 19.1 Å². The van der Waals surface area contributed by atoms with E-state index in [9.17, 15) is 19.7 Å². The summed E-state index contributed by atoms with van der Waals surface area (Å²) in [7, 11) is 2.97. The number of nitrogens with one attached hydrogen (secondary N) is 2. The fourth-order valence-electron chi connectivity index (χ4n) is 2.44. The van der Waals surface area contributed by atoms with Crippen LogP contribution >= 0.6 is 0 Å². The van der Waals surface area contributed by atoms with Gasteiger partial charge in [-0.15, -0.1) is 0 Å². The number of nitro benzene ring substituents is 1. The number of methoxy groups -OCH3 is 2. The molecule has 0 bridgehead atoms. The molecular weight excluding hydrogens is 366 g/mol. The summed E-state index contributed by atoms with van der Waals surface area (Å²) in [6, 6.07) is 8.97. The molecule has 28 heavy (non-hydrogen) atoms. The van der Waals surface area contributed by atoms with Crippen LogP contribution in [0.3, 0.4) is 0 Å². The number of nitrogens with zero attached hydrogens (tertiary/aromatic N) is 1. The Balaban J connectivity index is 1.90. The van der Waals surface area contributed by atoms with Gasteiger partial charge in [-0.05, 0) is 30.7 Å². The molecule has 0 aliphatic heterocycles. The van der Waals surface area contributed by atoms with Crippen LogP contribution in [0.2, 0.25) is 0 Å². The standard InChI is InChI=1S/C19H21N3O6/c1-12-8-14(22(25)26)4-5-17(12)21-18(23)6-7-20-19(24)13-9-15(27-2)11-16(10-13)28-3/h4-5,8-11H,6-7H2,1-3H3,(H,20,24)(H,21,23). The van der Waals surface area contributed by atoms with Crippen molar-refractivity contribution >= 4 is 23.2 Å². The van der Waals surface area contributed by atoms with Crippen molar-refractivity contribution in [2.24, 2.45) is 0 Å². The van der Waals surface area contributed by atoms with Gasteiger partial charge in [-0.3, -0.25) is 19.7 Å². The average molecular weight is 387 g/mol. The summed E-state index contributed by atoms with van der Waals surface area (Å²) < 4.78 is 10.2. The minimum absolute atomic E-state index is 0.0449. The van der Waals surface area contributed by atoms with E-state index in [0.29, 0.717) is 28.3 Å². The molecule has 0 heterocycles. The number of anilines is 1. The van der Waals surface area contributed by atoms with Gasteiger partial charge in [0.1, 0.15) is 11.5 Å². The molecule has 0 aromatic heterocycles. The first-order valence-corrected chi connectivity index (χ1v) is 8.40. The summed E-state index contributed by atoms with van der Waals surface area (Å²) in [5.74, 6) is 0.281. The molecule has 0 spiro atoms. The van der Waals surface area contributed by atoms with Crippen LogP contribution < -0.4 is 20.1 Å². The lowest BCUT2D eigenvalue weighted by molar-refractivity contribution is -0.384. The highest BCUT2D eigenvalue weighted by atomic mass is 16.6. The Morgan fingerprint density at radius 1 is 1.07 bits per heavy atom. The Hall–Kier alpha value is -3.62. The van der Waals surface area contributed by atoms with Crippen LogP contribution in [-0.4, -0.2) is 37.5 Å². The highest BCUT2D eigenvalue weighted by molar-refractivity contribution is 5.96. The van der Waals surface area contributed by atoms with Crippen molar-refractivity contribution in [3.8, 4) is 11.5 Å². The molecule has 0 saturated carbocycles.